The summed E-state index contributed by atoms with van der Waals surface area (Å²) in [5.41, 5.74) is 1.99. The SMILES string of the molecule is O=CCC/C=N/N(c1ccccc1)c1ccccc1. The quantitative estimate of drug-likeness (QED) is 0.339. The van der Waals surface area contributed by atoms with Crippen LogP contribution in [0.2, 0.25) is 0 Å². The van der Waals surface area contributed by atoms with Gasteiger partial charge in [0, 0.05) is 12.6 Å². The highest BCUT2D eigenvalue weighted by atomic mass is 16.1. The first-order valence-electron chi connectivity index (χ1n) is 6.28. The number of hydrogen-bond donors (Lipinski definition) is 0. The molecule has 0 aromatic heterocycles. The van der Waals surface area contributed by atoms with Gasteiger partial charge in [0.2, 0.25) is 0 Å². The van der Waals surface area contributed by atoms with Crippen molar-refractivity contribution in [2.45, 2.75) is 12.8 Å². The van der Waals surface area contributed by atoms with Crippen molar-refractivity contribution < 1.29 is 4.79 Å². The Morgan fingerprint density at radius 2 is 1.37 bits per heavy atom. The van der Waals surface area contributed by atoms with E-state index in [1.807, 2.05) is 65.7 Å². The summed E-state index contributed by atoms with van der Waals surface area (Å²) in [6.07, 6.45) is 3.83. The zero-order valence-corrected chi connectivity index (χ0v) is 10.6. The van der Waals surface area contributed by atoms with Crippen LogP contribution in [0.25, 0.3) is 0 Å². The third-order valence-electron chi connectivity index (χ3n) is 2.61. The second-order valence-corrected chi connectivity index (χ2v) is 4.02. The molecule has 0 fully saturated rings. The van der Waals surface area contributed by atoms with Crippen LogP contribution in [-0.2, 0) is 4.79 Å². The third kappa shape index (κ3) is 3.78. The lowest BCUT2D eigenvalue weighted by Gasteiger charge is -2.19. The first kappa shape index (κ1) is 13.0. The van der Waals surface area contributed by atoms with Crippen molar-refractivity contribution in [3.63, 3.8) is 0 Å². The first-order chi connectivity index (χ1) is 9.42. The molecular formula is C16H16N2O. The van der Waals surface area contributed by atoms with Gasteiger partial charge in [-0.25, -0.2) is 5.01 Å². The summed E-state index contributed by atoms with van der Waals surface area (Å²) < 4.78 is 0. The molecule has 0 saturated heterocycles. The molecule has 0 bridgehead atoms. The molecule has 0 spiro atoms. The van der Waals surface area contributed by atoms with E-state index in [1.54, 1.807) is 6.21 Å². The molecule has 0 heterocycles. The molecule has 0 aliphatic carbocycles. The number of carbonyl (C=O) groups excluding carboxylic acids is 1. The molecule has 0 radical (unpaired) electrons. The predicted molar refractivity (Wildman–Crippen MR) is 78.8 cm³/mol. The van der Waals surface area contributed by atoms with E-state index in [4.69, 9.17) is 0 Å². The second kappa shape index (κ2) is 7.11. The number of benzene rings is 2. The Hall–Kier alpha value is -2.42. The summed E-state index contributed by atoms with van der Waals surface area (Å²) in [6.45, 7) is 0. The van der Waals surface area contributed by atoms with E-state index in [1.165, 1.54) is 0 Å². The Labute approximate surface area is 113 Å². The summed E-state index contributed by atoms with van der Waals surface area (Å²) >= 11 is 0. The van der Waals surface area contributed by atoms with Crippen LogP contribution in [0, 0.1) is 0 Å². The average Bonchev–Trinajstić information content (AvgIpc) is 2.49. The van der Waals surface area contributed by atoms with Crippen LogP contribution in [-0.4, -0.2) is 12.5 Å². The first-order valence-corrected chi connectivity index (χ1v) is 6.28. The Kier molecular flexibility index (Phi) is 4.87. The van der Waals surface area contributed by atoms with E-state index in [0.717, 1.165) is 17.7 Å². The molecule has 0 N–H and O–H groups in total. The number of unbranched alkanes of at least 4 members (excludes halogenated alkanes) is 1. The van der Waals surface area contributed by atoms with Crippen LogP contribution in [0.15, 0.2) is 65.8 Å². The van der Waals surface area contributed by atoms with Crippen molar-refractivity contribution in [2.24, 2.45) is 5.10 Å². The van der Waals surface area contributed by atoms with Crippen LogP contribution in [0.1, 0.15) is 12.8 Å². The minimum Gasteiger partial charge on any atom is -0.303 e. The van der Waals surface area contributed by atoms with Gasteiger partial charge in [-0.15, -0.1) is 0 Å². The van der Waals surface area contributed by atoms with Gasteiger partial charge in [0.05, 0.1) is 11.4 Å². The number of hydrazone groups is 1. The molecule has 0 atom stereocenters. The smallest absolute Gasteiger partial charge is 0.120 e. The average molecular weight is 252 g/mol. The van der Waals surface area contributed by atoms with Crippen LogP contribution in [0.3, 0.4) is 0 Å². The Morgan fingerprint density at radius 3 is 1.84 bits per heavy atom. The molecule has 0 unspecified atom stereocenters. The number of aldehydes is 1. The second-order valence-electron chi connectivity index (χ2n) is 4.02. The molecule has 3 nitrogen and oxygen atoms in total. The lowest BCUT2D eigenvalue weighted by atomic mass is 10.2. The van der Waals surface area contributed by atoms with Crippen molar-refractivity contribution in [3.8, 4) is 0 Å². The van der Waals surface area contributed by atoms with E-state index >= 15 is 0 Å². The van der Waals surface area contributed by atoms with Crippen LogP contribution in [0.5, 0.6) is 0 Å². The van der Waals surface area contributed by atoms with Crippen molar-refractivity contribution >= 4 is 23.9 Å². The van der Waals surface area contributed by atoms with Gasteiger partial charge in [0.25, 0.3) is 0 Å². The van der Waals surface area contributed by atoms with Gasteiger partial charge in [0.1, 0.15) is 6.29 Å². The van der Waals surface area contributed by atoms with Crippen molar-refractivity contribution in [1.82, 2.24) is 0 Å². The topological polar surface area (TPSA) is 32.7 Å². The molecule has 2 aromatic rings. The van der Waals surface area contributed by atoms with Gasteiger partial charge in [-0.3, -0.25) is 0 Å². The van der Waals surface area contributed by atoms with Gasteiger partial charge in [-0.1, -0.05) is 36.4 Å². The van der Waals surface area contributed by atoms with E-state index < -0.39 is 0 Å². The maximum Gasteiger partial charge on any atom is 0.120 e. The normalized spacial score (nSPS) is 10.5. The van der Waals surface area contributed by atoms with Gasteiger partial charge in [-0.2, -0.15) is 5.10 Å². The fourth-order valence-electron chi connectivity index (χ4n) is 1.70. The largest absolute Gasteiger partial charge is 0.303 e. The standard InChI is InChI=1S/C16H16N2O/c19-14-8-7-13-17-18(15-9-3-1-4-10-15)16-11-5-2-6-12-16/h1-6,9-14H,7-8H2/b17-13+. The minimum absolute atomic E-state index is 0.501. The lowest BCUT2D eigenvalue weighted by molar-refractivity contribution is -0.107. The molecule has 0 aliphatic heterocycles. The molecule has 19 heavy (non-hydrogen) atoms. The number of carbonyl (C=O) groups is 1. The molecule has 2 rings (SSSR count). The van der Waals surface area contributed by atoms with Crippen molar-refractivity contribution in [1.29, 1.82) is 0 Å². The van der Waals surface area contributed by atoms with E-state index in [9.17, 15) is 4.79 Å². The van der Waals surface area contributed by atoms with Gasteiger partial charge in [0.15, 0.2) is 0 Å². The molecule has 3 heteroatoms. The molecule has 0 saturated carbocycles. The molecule has 0 amide bonds. The Morgan fingerprint density at radius 1 is 0.842 bits per heavy atom. The maximum atomic E-state index is 10.3. The molecular weight excluding hydrogens is 236 g/mol. The summed E-state index contributed by atoms with van der Waals surface area (Å²) in [6, 6.07) is 19.9. The van der Waals surface area contributed by atoms with E-state index in [0.29, 0.717) is 12.8 Å². The number of rotatable bonds is 6. The van der Waals surface area contributed by atoms with Crippen LogP contribution in [0.4, 0.5) is 11.4 Å². The fourth-order valence-corrected chi connectivity index (χ4v) is 1.70. The van der Waals surface area contributed by atoms with Crippen LogP contribution >= 0.6 is 0 Å². The highest BCUT2D eigenvalue weighted by molar-refractivity contribution is 5.69. The highest BCUT2D eigenvalue weighted by Crippen LogP contribution is 2.24. The predicted octanol–water partition coefficient (Wildman–Crippen LogP) is 3.79. The highest BCUT2D eigenvalue weighted by Gasteiger charge is 2.05. The Bertz CT molecular complexity index is 483. The summed E-state index contributed by atoms with van der Waals surface area (Å²) in [7, 11) is 0. The van der Waals surface area contributed by atoms with Gasteiger partial charge < -0.3 is 4.79 Å². The molecule has 96 valence electrons. The van der Waals surface area contributed by atoms with Crippen LogP contribution < -0.4 is 5.01 Å². The summed E-state index contributed by atoms with van der Waals surface area (Å²) in [5, 5.41) is 6.32. The monoisotopic (exact) mass is 252 g/mol. The van der Waals surface area contributed by atoms with Crippen molar-refractivity contribution in [3.05, 3.63) is 60.7 Å². The summed E-state index contributed by atoms with van der Waals surface area (Å²) in [5.74, 6) is 0. The lowest BCUT2D eigenvalue weighted by Crippen LogP contribution is -2.08. The zero-order chi connectivity index (χ0) is 13.3. The number of nitrogens with zero attached hydrogens (tertiary/aromatic N) is 2. The molecule has 0 aliphatic rings. The maximum absolute atomic E-state index is 10.3. The Balaban J connectivity index is 2.24. The van der Waals surface area contributed by atoms with E-state index in [-0.39, 0.29) is 0 Å². The number of anilines is 2. The molecule has 2 aromatic carbocycles. The van der Waals surface area contributed by atoms with Gasteiger partial charge >= 0.3 is 0 Å². The fraction of sp³-hybridized carbons (Fsp3) is 0.125. The number of para-hydroxylation sites is 2. The van der Waals surface area contributed by atoms with E-state index in [2.05, 4.69) is 5.10 Å². The number of hydrogen-bond acceptors (Lipinski definition) is 3. The van der Waals surface area contributed by atoms with Crippen molar-refractivity contribution in [2.75, 3.05) is 5.01 Å². The zero-order valence-electron chi connectivity index (χ0n) is 10.6. The third-order valence-corrected chi connectivity index (χ3v) is 2.61. The summed E-state index contributed by atoms with van der Waals surface area (Å²) in [4.78, 5) is 10.3. The minimum atomic E-state index is 0.501. The van der Waals surface area contributed by atoms with Gasteiger partial charge in [-0.05, 0) is 30.7 Å².